The fourth-order valence-electron chi connectivity index (χ4n) is 2.55. The van der Waals surface area contributed by atoms with E-state index in [1.807, 2.05) is 12.4 Å². The highest BCUT2D eigenvalue weighted by Gasteiger charge is 2.17. The Morgan fingerprint density at radius 3 is 2.48 bits per heavy atom. The molecule has 6 nitrogen and oxygen atoms in total. The molecule has 0 aromatic carbocycles. The smallest absolute Gasteiger partial charge is 0.264 e. The van der Waals surface area contributed by atoms with Crippen LogP contribution in [-0.2, 0) is 6.42 Å². The van der Waals surface area contributed by atoms with Crippen LogP contribution in [0.15, 0.2) is 41.5 Å². The summed E-state index contributed by atoms with van der Waals surface area (Å²) in [5, 5.41) is 6.57. The molecule has 0 unspecified atom stereocenters. The van der Waals surface area contributed by atoms with Crippen LogP contribution in [0.4, 0.5) is 5.82 Å². The van der Waals surface area contributed by atoms with Crippen molar-refractivity contribution in [2.75, 3.05) is 37.6 Å². The van der Waals surface area contributed by atoms with Crippen LogP contribution < -0.4 is 10.5 Å². The maximum Gasteiger partial charge on any atom is 0.264 e. The van der Waals surface area contributed by atoms with Gasteiger partial charge in [-0.3, -0.25) is 14.7 Å². The predicted molar refractivity (Wildman–Crippen MR) is 81.5 cm³/mol. The Bertz CT molecular complexity index is 599. The highest BCUT2D eigenvalue weighted by molar-refractivity contribution is 5.36. The van der Waals surface area contributed by atoms with Gasteiger partial charge in [0.1, 0.15) is 5.82 Å². The molecule has 0 saturated carbocycles. The van der Waals surface area contributed by atoms with Gasteiger partial charge in [-0.2, -0.15) is 5.10 Å². The minimum atomic E-state index is -0.158. The molecule has 110 valence electrons. The normalized spacial score (nSPS) is 16.1. The zero-order valence-corrected chi connectivity index (χ0v) is 11.9. The fraction of sp³-hybridized carbons (Fsp3) is 0.400. The number of H-pyrrole nitrogens is 1. The molecule has 2 aromatic heterocycles. The molecule has 1 fully saturated rings. The molecule has 0 aliphatic carbocycles. The average molecular weight is 285 g/mol. The first kappa shape index (κ1) is 13.8. The third-order valence-electron chi connectivity index (χ3n) is 3.83. The van der Waals surface area contributed by atoms with Gasteiger partial charge in [-0.15, -0.1) is 0 Å². The molecule has 0 bridgehead atoms. The summed E-state index contributed by atoms with van der Waals surface area (Å²) < 4.78 is 0. The standard InChI is InChI=1S/C15H19N5O/c21-15-2-1-14(17-18-15)20-11-9-19(10-12-20)8-5-13-3-6-16-7-4-13/h1-4,6-7H,5,8-12H2,(H,18,21). The van der Waals surface area contributed by atoms with Crippen LogP contribution in [-0.4, -0.2) is 52.8 Å². The molecule has 0 radical (unpaired) electrons. The number of aromatic nitrogens is 3. The van der Waals surface area contributed by atoms with E-state index < -0.39 is 0 Å². The molecular formula is C15H19N5O. The summed E-state index contributed by atoms with van der Waals surface area (Å²) in [4.78, 5) is 19.7. The van der Waals surface area contributed by atoms with Crippen molar-refractivity contribution in [3.63, 3.8) is 0 Å². The van der Waals surface area contributed by atoms with Crippen molar-refractivity contribution >= 4 is 5.82 Å². The van der Waals surface area contributed by atoms with Gasteiger partial charge in [0.25, 0.3) is 5.56 Å². The lowest BCUT2D eigenvalue weighted by Gasteiger charge is -2.35. The molecule has 1 saturated heterocycles. The lowest BCUT2D eigenvalue weighted by molar-refractivity contribution is 0.260. The van der Waals surface area contributed by atoms with Crippen molar-refractivity contribution in [1.82, 2.24) is 20.1 Å². The third kappa shape index (κ3) is 3.66. The van der Waals surface area contributed by atoms with E-state index in [2.05, 4.69) is 37.1 Å². The van der Waals surface area contributed by atoms with Crippen molar-refractivity contribution in [2.45, 2.75) is 6.42 Å². The van der Waals surface area contributed by atoms with E-state index in [0.29, 0.717) is 0 Å². The fourth-order valence-corrected chi connectivity index (χ4v) is 2.55. The van der Waals surface area contributed by atoms with Gasteiger partial charge in [0.2, 0.25) is 0 Å². The number of nitrogens with one attached hydrogen (secondary N) is 1. The topological polar surface area (TPSA) is 65.1 Å². The van der Waals surface area contributed by atoms with Crippen LogP contribution in [0.5, 0.6) is 0 Å². The maximum absolute atomic E-state index is 11.0. The summed E-state index contributed by atoms with van der Waals surface area (Å²) in [6, 6.07) is 7.45. The lowest BCUT2D eigenvalue weighted by atomic mass is 10.2. The summed E-state index contributed by atoms with van der Waals surface area (Å²) in [5.74, 6) is 0.850. The molecule has 2 aromatic rings. The number of aromatic amines is 1. The van der Waals surface area contributed by atoms with Gasteiger partial charge in [0.15, 0.2) is 0 Å². The Hall–Kier alpha value is -2.21. The number of nitrogens with zero attached hydrogens (tertiary/aromatic N) is 4. The molecule has 3 heterocycles. The van der Waals surface area contributed by atoms with Gasteiger partial charge in [0.05, 0.1) is 0 Å². The van der Waals surface area contributed by atoms with E-state index in [1.165, 1.54) is 11.6 Å². The van der Waals surface area contributed by atoms with Crippen LogP contribution in [0.25, 0.3) is 0 Å². The van der Waals surface area contributed by atoms with Crippen molar-refractivity contribution in [1.29, 1.82) is 0 Å². The molecule has 0 spiro atoms. The van der Waals surface area contributed by atoms with Gasteiger partial charge in [-0.05, 0) is 30.2 Å². The van der Waals surface area contributed by atoms with Crippen molar-refractivity contribution in [3.8, 4) is 0 Å². The van der Waals surface area contributed by atoms with Crippen LogP contribution in [0.1, 0.15) is 5.56 Å². The van der Waals surface area contributed by atoms with E-state index in [4.69, 9.17) is 0 Å². The number of rotatable bonds is 4. The Morgan fingerprint density at radius 1 is 1.05 bits per heavy atom. The number of hydrogen-bond donors (Lipinski definition) is 1. The Labute approximate surface area is 123 Å². The second kappa shape index (κ2) is 6.49. The third-order valence-corrected chi connectivity index (χ3v) is 3.83. The van der Waals surface area contributed by atoms with Crippen LogP contribution in [0.3, 0.4) is 0 Å². The molecule has 6 heteroatoms. The first-order valence-corrected chi connectivity index (χ1v) is 7.23. The number of hydrogen-bond acceptors (Lipinski definition) is 5. The van der Waals surface area contributed by atoms with E-state index >= 15 is 0 Å². The second-order valence-electron chi connectivity index (χ2n) is 5.21. The van der Waals surface area contributed by atoms with E-state index in [0.717, 1.165) is 45.0 Å². The zero-order valence-electron chi connectivity index (χ0n) is 11.9. The van der Waals surface area contributed by atoms with E-state index in [-0.39, 0.29) is 5.56 Å². The predicted octanol–water partition coefficient (Wildman–Crippen LogP) is 0.530. The SMILES string of the molecule is O=c1ccc(N2CCN(CCc3ccncc3)CC2)n[nH]1. The Kier molecular flexibility index (Phi) is 4.25. The molecule has 1 N–H and O–H groups in total. The number of piperazine rings is 1. The van der Waals surface area contributed by atoms with Gasteiger partial charge in [0, 0.05) is 51.2 Å². The van der Waals surface area contributed by atoms with Gasteiger partial charge < -0.3 is 4.90 Å². The highest BCUT2D eigenvalue weighted by Crippen LogP contribution is 2.11. The summed E-state index contributed by atoms with van der Waals surface area (Å²) >= 11 is 0. The molecular weight excluding hydrogens is 266 g/mol. The summed E-state index contributed by atoms with van der Waals surface area (Å²) in [6.07, 6.45) is 4.74. The van der Waals surface area contributed by atoms with Crippen molar-refractivity contribution in [3.05, 3.63) is 52.6 Å². The van der Waals surface area contributed by atoms with Gasteiger partial charge >= 0.3 is 0 Å². The number of pyridine rings is 1. The van der Waals surface area contributed by atoms with Crippen LogP contribution in [0.2, 0.25) is 0 Å². The Balaban J connectivity index is 1.49. The molecule has 1 aliphatic rings. The Morgan fingerprint density at radius 2 is 1.81 bits per heavy atom. The first-order chi connectivity index (χ1) is 10.3. The minimum absolute atomic E-state index is 0.158. The van der Waals surface area contributed by atoms with Crippen molar-refractivity contribution < 1.29 is 0 Å². The molecule has 0 atom stereocenters. The van der Waals surface area contributed by atoms with Gasteiger partial charge in [-0.1, -0.05) is 0 Å². The monoisotopic (exact) mass is 285 g/mol. The molecule has 21 heavy (non-hydrogen) atoms. The highest BCUT2D eigenvalue weighted by atomic mass is 16.1. The largest absolute Gasteiger partial charge is 0.353 e. The first-order valence-electron chi connectivity index (χ1n) is 7.23. The number of anilines is 1. The minimum Gasteiger partial charge on any atom is -0.353 e. The zero-order chi connectivity index (χ0) is 14.5. The summed E-state index contributed by atoms with van der Waals surface area (Å²) in [6.45, 7) is 4.99. The lowest BCUT2D eigenvalue weighted by Crippen LogP contribution is -2.47. The van der Waals surface area contributed by atoms with Crippen LogP contribution >= 0.6 is 0 Å². The molecule has 3 rings (SSSR count). The second-order valence-corrected chi connectivity index (χ2v) is 5.21. The maximum atomic E-state index is 11.0. The average Bonchev–Trinajstić information content (AvgIpc) is 2.55. The molecule has 1 aliphatic heterocycles. The summed E-state index contributed by atoms with van der Waals surface area (Å²) in [7, 11) is 0. The summed E-state index contributed by atoms with van der Waals surface area (Å²) in [5.41, 5.74) is 1.17. The van der Waals surface area contributed by atoms with Crippen LogP contribution in [0, 0.1) is 0 Å². The van der Waals surface area contributed by atoms with Gasteiger partial charge in [-0.25, -0.2) is 5.10 Å². The quantitative estimate of drug-likeness (QED) is 0.887. The van der Waals surface area contributed by atoms with Crippen molar-refractivity contribution in [2.24, 2.45) is 0 Å². The van der Waals surface area contributed by atoms with E-state index in [9.17, 15) is 4.79 Å². The van der Waals surface area contributed by atoms with E-state index in [1.54, 1.807) is 6.07 Å². The molecule has 0 amide bonds.